The molecule has 4 rings (SSSR count). The molecule has 0 radical (unpaired) electrons. The van der Waals surface area contributed by atoms with Crippen LogP contribution in [0.25, 0.3) is 5.76 Å². The highest BCUT2D eigenvalue weighted by atomic mass is 19.1. The third kappa shape index (κ3) is 5.23. The molecular weight excluding hydrogens is 451 g/mol. The van der Waals surface area contributed by atoms with Crippen LogP contribution in [0.5, 0.6) is 5.75 Å². The molecule has 7 nitrogen and oxygen atoms in total. The van der Waals surface area contributed by atoms with E-state index in [9.17, 15) is 19.1 Å². The number of ketones is 1. The number of aliphatic hydroxyl groups is 1. The Morgan fingerprint density at radius 2 is 1.89 bits per heavy atom. The first kappa shape index (κ1) is 24.9. The van der Waals surface area contributed by atoms with Crippen LogP contribution in [0.2, 0.25) is 0 Å². The minimum absolute atomic E-state index is 0.104. The molecule has 186 valence electrons. The molecule has 2 heterocycles. The zero-order chi connectivity index (χ0) is 24.9. The molecule has 1 N–H and O–H groups in total. The van der Waals surface area contributed by atoms with Gasteiger partial charge in [0.25, 0.3) is 11.7 Å². The first-order valence-corrected chi connectivity index (χ1v) is 12.0. The van der Waals surface area contributed by atoms with Gasteiger partial charge in [0.1, 0.15) is 17.3 Å². The number of Topliss-reactive ketones (excluding diaryl/α,β-unsaturated/α-hetero) is 1. The summed E-state index contributed by atoms with van der Waals surface area (Å²) in [6.07, 6.45) is 0.858. The second kappa shape index (κ2) is 11.0. The van der Waals surface area contributed by atoms with Crippen molar-refractivity contribution in [3.05, 3.63) is 70.5 Å². The quantitative estimate of drug-likeness (QED) is 0.351. The molecule has 2 aromatic carbocycles. The number of hydrogen-bond acceptors (Lipinski definition) is 6. The molecule has 2 fully saturated rings. The Morgan fingerprint density at radius 1 is 1.14 bits per heavy atom. The minimum Gasteiger partial charge on any atom is -0.507 e. The molecule has 35 heavy (non-hydrogen) atoms. The largest absolute Gasteiger partial charge is 0.507 e. The Hall–Kier alpha value is -3.23. The number of hydrogen-bond donors (Lipinski definition) is 1. The monoisotopic (exact) mass is 482 g/mol. The van der Waals surface area contributed by atoms with Crippen molar-refractivity contribution in [2.45, 2.75) is 26.3 Å². The number of benzene rings is 2. The molecular formula is C27H31FN2O5. The number of morpholine rings is 1. The second-order valence-electron chi connectivity index (χ2n) is 8.79. The van der Waals surface area contributed by atoms with E-state index < -0.39 is 23.5 Å². The standard InChI is InChI=1S/C27H31FN2O5/c1-3-14-35-19-8-9-20(18(2)17-19)25(31)23-24(21-6-4-5-7-22(21)28)30(27(33)26(23)32)11-10-29-12-15-34-16-13-29/h4-9,17,24,31H,3,10-16H2,1-2H3/t24-/m1/s1. The predicted molar refractivity (Wildman–Crippen MR) is 130 cm³/mol. The SMILES string of the molecule is CCCOc1ccc(C(O)=C2C(=O)C(=O)N(CCN3CCOCC3)[C@@H]2c2ccccc2F)c(C)c1. The summed E-state index contributed by atoms with van der Waals surface area (Å²) in [4.78, 5) is 29.8. The number of nitrogens with zero attached hydrogens (tertiary/aromatic N) is 2. The van der Waals surface area contributed by atoms with Crippen molar-refractivity contribution in [2.24, 2.45) is 0 Å². The van der Waals surface area contributed by atoms with Crippen molar-refractivity contribution < 1.29 is 28.6 Å². The van der Waals surface area contributed by atoms with Crippen molar-refractivity contribution in [3.63, 3.8) is 0 Å². The number of carbonyl (C=O) groups is 2. The van der Waals surface area contributed by atoms with Crippen LogP contribution >= 0.6 is 0 Å². The van der Waals surface area contributed by atoms with E-state index in [1.165, 1.54) is 11.0 Å². The second-order valence-corrected chi connectivity index (χ2v) is 8.79. The fourth-order valence-corrected chi connectivity index (χ4v) is 4.56. The van der Waals surface area contributed by atoms with Crippen molar-refractivity contribution in [1.29, 1.82) is 0 Å². The highest BCUT2D eigenvalue weighted by Gasteiger charge is 2.47. The number of ether oxygens (including phenoxy) is 2. The third-order valence-corrected chi connectivity index (χ3v) is 6.43. The average molecular weight is 483 g/mol. The van der Waals surface area contributed by atoms with Gasteiger partial charge in [-0.1, -0.05) is 25.1 Å². The smallest absolute Gasteiger partial charge is 0.295 e. The molecule has 1 amide bonds. The number of aryl methyl sites for hydroxylation is 1. The van der Waals surface area contributed by atoms with Crippen LogP contribution in [0.3, 0.4) is 0 Å². The van der Waals surface area contributed by atoms with Crippen LogP contribution in [0.15, 0.2) is 48.0 Å². The molecule has 2 aliphatic heterocycles. The summed E-state index contributed by atoms with van der Waals surface area (Å²) in [5, 5.41) is 11.3. The van der Waals surface area contributed by atoms with Crippen LogP contribution < -0.4 is 4.74 Å². The molecule has 0 bridgehead atoms. The minimum atomic E-state index is -1.02. The summed E-state index contributed by atoms with van der Waals surface area (Å²) in [7, 11) is 0. The Balaban J connectivity index is 1.73. The van der Waals surface area contributed by atoms with Gasteiger partial charge in [0.05, 0.1) is 31.4 Å². The fraction of sp³-hybridized carbons (Fsp3) is 0.407. The van der Waals surface area contributed by atoms with Crippen LogP contribution in [-0.4, -0.2) is 72.6 Å². The summed E-state index contributed by atoms with van der Waals surface area (Å²) in [6.45, 7) is 7.76. The Labute approximate surface area is 204 Å². The zero-order valence-electron chi connectivity index (χ0n) is 20.1. The van der Waals surface area contributed by atoms with Crippen LogP contribution in [0, 0.1) is 12.7 Å². The molecule has 0 unspecified atom stereocenters. The highest BCUT2D eigenvalue weighted by Crippen LogP contribution is 2.40. The van der Waals surface area contributed by atoms with Crippen LogP contribution in [-0.2, 0) is 14.3 Å². The lowest BCUT2D eigenvalue weighted by molar-refractivity contribution is -0.140. The lowest BCUT2D eigenvalue weighted by Crippen LogP contribution is -2.42. The molecule has 0 aliphatic carbocycles. The van der Waals surface area contributed by atoms with Gasteiger partial charge < -0.3 is 19.5 Å². The van der Waals surface area contributed by atoms with Gasteiger partial charge in [-0.3, -0.25) is 14.5 Å². The predicted octanol–water partition coefficient (Wildman–Crippen LogP) is 3.68. The summed E-state index contributed by atoms with van der Waals surface area (Å²) in [5.41, 5.74) is 1.16. The molecule has 2 aromatic rings. The molecule has 2 saturated heterocycles. The van der Waals surface area contributed by atoms with E-state index >= 15 is 0 Å². The summed E-state index contributed by atoms with van der Waals surface area (Å²) >= 11 is 0. The van der Waals surface area contributed by atoms with Gasteiger partial charge in [-0.25, -0.2) is 4.39 Å². The number of amides is 1. The summed E-state index contributed by atoms with van der Waals surface area (Å²) < 4.78 is 26.0. The number of aliphatic hydroxyl groups excluding tert-OH is 1. The summed E-state index contributed by atoms with van der Waals surface area (Å²) in [6, 6.07) is 10.2. The molecule has 0 aromatic heterocycles. The first-order chi connectivity index (χ1) is 16.9. The highest BCUT2D eigenvalue weighted by molar-refractivity contribution is 6.46. The Morgan fingerprint density at radius 3 is 2.57 bits per heavy atom. The van der Waals surface area contributed by atoms with Gasteiger partial charge >= 0.3 is 0 Å². The van der Waals surface area contributed by atoms with Gasteiger partial charge in [-0.2, -0.15) is 0 Å². The van der Waals surface area contributed by atoms with E-state index in [2.05, 4.69) is 4.90 Å². The van der Waals surface area contributed by atoms with Crippen molar-refractivity contribution in [2.75, 3.05) is 46.0 Å². The van der Waals surface area contributed by atoms with Gasteiger partial charge in [-0.15, -0.1) is 0 Å². The molecule has 2 aliphatic rings. The Bertz CT molecular complexity index is 1130. The zero-order valence-corrected chi connectivity index (χ0v) is 20.1. The van der Waals surface area contributed by atoms with E-state index in [-0.39, 0.29) is 23.4 Å². The lowest BCUT2D eigenvalue weighted by atomic mass is 9.93. The fourth-order valence-electron chi connectivity index (χ4n) is 4.56. The van der Waals surface area contributed by atoms with Gasteiger partial charge in [0.2, 0.25) is 0 Å². The van der Waals surface area contributed by atoms with Gasteiger partial charge in [0, 0.05) is 37.3 Å². The maximum atomic E-state index is 15.0. The van der Waals surface area contributed by atoms with Crippen molar-refractivity contribution in [1.82, 2.24) is 9.80 Å². The lowest BCUT2D eigenvalue weighted by Gasteiger charge is -2.31. The van der Waals surface area contributed by atoms with E-state index in [0.29, 0.717) is 43.2 Å². The maximum absolute atomic E-state index is 15.0. The number of likely N-dealkylation sites (tertiary alicyclic amines) is 1. The summed E-state index contributed by atoms with van der Waals surface area (Å²) in [5.74, 6) is -1.76. The molecule has 8 heteroatoms. The van der Waals surface area contributed by atoms with Gasteiger partial charge in [-0.05, 0) is 43.2 Å². The average Bonchev–Trinajstić information content (AvgIpc) is 3.11. The van der Waals surface area contributed by atoms with Crippen LogP contribution in [0.1, 0.15) is 36.1 Å². The maximum Gasteiger partial charge on any atom is 0.295 e. The van der Waals surface area contributed by atoms with E-state index in [0.717, 1.165) is 19.5 Å². The van der Waals surface area contributed by atoms with E-state index in [4.69, 9.17) is 9.47 Å². The normalized spacial score (nSPS) is 20.4. The number of rotatable bonds is 8. The third-order valence-electron chi connectivity index (χ3n) is 6.43. The van der Waals surface area contributed by atoms with E-state index in [1.807, 2.05) is 6.92 Å². The number of carbonyl (C=O) groups excluding carboxylic acids is 2. The molecule has 1 atom stereocenters. The molecule has 0 spiro atoms. The van der Waals surface area contributed by atoms with Crippen molar-refractivity contribution >= 4 is 17.4 Å². The topological polar surface area (TPSA) is 79.3 Å². The van der Waals surface area contributed by atoms with Crippen LogP contribution in [0.4, 0.5) is 4.39 Å². The van der Waals surface area contributed by atoms with Gasteiger partial charge in [0.15, 0.2) is 0 Å². The Kier molecular flexibility index (Phi) is 7.83. The van der Waals surface area contributed by atoms with E-state index in [1.54, 1.807) is 43.3 Å². The van der Waals surface area contributed by atoms with Crippen molar-refractivity contribution in [3.8, 4) is 5.75 Å². The first-order valence-electron chi connectivity index (χ1n) is 12.0. The number of halogens is 1. The molecule has 0 saturated carbocycles.